The van der Waals surface area contributed by atoms with Gasteiger partial charge in [-0.05, 0) is 46.5 Å². The van der Waals surface area contributed by atoms with E-state index in [-0.39, 0.29) is 11.7 Å². The van der Waals surface area contributed by atoms with Gasteiger partial charge < -0.3 is 11.1 Å². The maximum absolute atomic E-state index is 11.7. The van der Waals surface area contributed by atoms with Gasteiger partial charge in [-0.15, -0.1) is 11.8 Å². The summed E-state index contributed by atoms with van der Waals surface area (Å²) in [6, 6.07) is 4.93. The van der Waals surface area contributed by atoms with Crippen molar-refractivity contribution in [1.29, 1.82) is 0 Å². The zero-order valence-corrected chi connectivity index (χ0v) is 14.5. The lowest BCUT2D eigenvalue weighted by Gasteiger charge is -2.08. The molecule has 7 heteroatoms. The smallest absolute Gasteiger partial charge is 0.321 e. The number of hydrogen-bond acceptors (Lipinski definition) is 4. The van der Waals surface area contributed by atoms with E-state index in [0.717, 1.165) is 15.8 Å². The van der Waals surface area contributed by atoms with Gasteiger partial charge in [-0.1, -0.05) is 13.8 Å². The molecule has 0 heterocycles. The molecule has 21 heavy (non-hydrogen) atoms. The van der Waals surface area contributed by atoms with E-state index in [1.807, 2.05) is 6.07 Å². The molecule has 1 rings (SSSR count). The van der Waals surface area contributed by atoms with Crippen molar-refractivity contribution in [1.82, 2.24) is 10.6 Å². The van der Waals surface area contributed by atoms with E-state index in [2.05, 4.69) is 40.4 Å². The quantitative estimate of drug-likeness (QED) is 0.528. The summed E-state index contributed by atoms with van der Waals surface area (Å²) in [4.78, 5) is 24.1. The summed E-state index contributed by atoms with van der Waals surface area (Å²) < 4.78 is 0.835. The van der Waals surface area contributed by atoms with Crippen molar-refractivity contribution in [3.05, 3.63) is 22.7 Å². The summed E-state index contributed by atoms with van der Waals surface area (Å²) in [6.07, 6.45) is 0.884. The molecule has 0 aliphatic heterocycles. The van der Waals surface area contributed by atoms with Crippen LogP contribution in [0, 0.1) is 5.92 Å². The van der Waals surface area contributed by atoms with Gasteiger partial charge in [0, 0.05) is 21.6 Å². The number of carbonyl (C=O) groups is 2. The lowest BCUT2D eigenvalue weighted by Crippen LogP contribution is -2.40. The second kappa shape index (κ2) is 8.94. The largest absolute Gasteiger partial charge is 0.399 e. The van der Waals surface area contributed by atoms with Crippen LogP contribution in [0.1, 0.15) is 20.3 Å². The van der Waals surface area contributed by atoms with E-state index < -0.39 is 6.03 Å². The highest BCUT2D eigenvalue weighted by Gasteiger charge is 2.09. The molecule has 0 fully saturated rings. The number of benzene rings is 1. The van der Waals surface area contributed by atoms with Crippen LogP contribution in [0.5, 0.6) is 0 Å². The monoisotopic (exact) mass is 373 g/mol. The Morgan fingerprint density at radius 3 is 2.71 bits per heavy atom. The summed E-state index contributed by atoms with van der Waals surface area (Å²) >= 11 is 4.72. The normalized spacial score (nSPS) is 10.5. The van der Waals surface area contributed by atoms with Gasteiger partial charge in [-0.25, -0.2) is 4.79 Å². The second-order valence-electron chi connectivity index (χ2n) is 4.97. The molecular weight excluding hydrogens is 354 g/mol. The first-order valence-electron chi connectivity index (χ1n) is 6.64. The minimum Gasteiger partial charge on any atom is -0.399 e. The van der Waals surface area contributed by atoms with Crippen LogP contribution in [0.4, 0.5) is 10.5 Å². The highest BCUT2D eigenvalue weighted by Crippen LogP contribution is 2.28. The Bertz CT molecular complexity index is 509. The Kier molecular flexibility index (Phi) is 7.60. The predicted octanol–water partition coefficient (Wildman–Crippen LogP) is 3.00. The predicted molar refractivity (Wildman–Crippen MR) is 90.3 cm³/mol. The van der Waals surface area contributed by atoms with Crippen LogP contribution in [-0.4, -0.2) is 24.2 Å². The fraction of sp³-hybridized carbons (Fsp3) is 0.429. The van der Waals surface area contributed by atoms with Gasteiger partial charge in [0.25, 0.3) is 0 Å². The molecular formula is C14H20BrN3O2S. The van der Waals surface area contributed by atoms with Crippen molar-refractivity contribution in [2.24, 2.45) is 5.92 Å². The van der Waals surface area contributed by atoms with Crippen molar-refractivity contribution in [2.45, 2.75) is 25.2 Å². The van der Waals surface area contributed by atoms with Crippen molar-refractivity contribution < 1.29 is 9.59 Å². The summed E-state index contributed by atoms with van der Waals surface area (Å²) in [5, 5.41) is 4.96. The first-order valence-corrected chi connectivity index (χ1v) is 8.42. The molecule has 0 spiro atoms. The third kappa shape index (κ3) is 7.38. The maximum atomic E-state index is 11.7. The minimum absolute atomic E-state index is 0.167. The summed E-state index contributed by atoms with van der Waals surface area (Å²) in [7, 11) is 0. The molecule has 0 saturated carbocycles. The SMILES string of the molecule is CC(C)CCNC(=O)NC(=O)CSc1ccc(N)cc1Br. The molecule has 0 unspecified atom stereocenters. The number of carbonyl (C=O) groups excluding carboxylic acids is 2. The van der Waals surface area contributed by atoms with E-state index in [9.17, 15) is 9.59 Å². The van der Waals surface area contributed by atoms with Gasteiger partial charge in [0.1, 0.15) is 0 Å². The van der Waals surface area contributed by atoms with Gasteiger partial charge in [0.05, 0.1) is 5.75 Å². The topological polar surface area (TPSA) is 84.2 Å². The molecule has 0 radical (unpaired) electrons. The van der Waals surface area contributed by atoms with E-state index in [1.165, 1.54) is 11.8 Å². The summed E-state index contributed by atoms with van der Waals surface area (Å²) in [5.41, 5.74) is 6.30. The van der Waals surface area contributed by atoms with Gasteiger partial charge in [0.2, 0.25) is 5.91 Å². The third-order valence-electron chi connectivity index (χ3n) is 2.57. The van der Waals surface area contributed by atoms with E-state index in [0.29, 0.717) is 18.2 Å². The highest BCUT2D eigenvalue weighted by atomic mass is 79.9. The fourth-order valence-corrected chi connectivity index (χ4v) is 2.92. The first kappa shape index (κ1) is 17.8. The first-order chi connectivity index (χ1) is 9.88. The number of anilines is 1. The maximum Gasteiger partial charge on any atom is 0.321 e. The zero-order valence-electron chi connectivity index (χ0n) is 12.1. The van der Waals surface area contributed by atoms with Crippen LogP contribution < -0.4 is 16.4 Å². The molecule has 1 aromatic rings. The van der Waals surface area contributed by atoms with Crippen LogP contribution >= 0.6 is 27.7 Å². The van der Waals surface area contributed by atoms with Gasteiger partial charge >= 0.3 is 6.03 Å². The fourth-order valence-electron chi connectivity index (χ4n) is 1.46. The number of hydrogen-bond donors (Lipinski definition) is 3. The van der Waals surface area contributed by atoms with E-state index in [1.54, 1.807) is 12.1 Å². The molecule has 0 aliphatic rings. The average Bonchev–Trinajstić information content (AvgIpc) is 2.37. The average molecular weight is 374 g/mol. The molecule has 4 N–H and O–H groups in total. The van der Waals surface area contributed by atoms with Crippen molar-refractivity contribution in [3.63, 3.8) is 0 Å². The molecule has 0 aromatic heterocycles. The van der Waals surface area contributed by atoms with E-state index in [4.69, 9.17) is 5.73 Å². The Labute approximate surface area is 137 Å². The second-order valence-corrected chi connectivity index (χ2v) is 6.84. The number of rotatable bonds is 6. The number of imide groups is 1. The van der Waals surface area contributed by atoms with Crippen LogP contribution in [0.3, 0.4) is 0 Å². The van der Waals surface area contributed by atoms with Crippen molar-refractivity contribution in [2.75, 3.05) is 18.0 Å². The van der Waals surface area contributed by atoms with Gasteiger partial charge in [0.15, 0.2) is 0 Å². The molecule has 116 valence electrons. The highest BCUT2D eigenvalue weighted by molar-refractivity contribution is 9.10. The van der Waals surface area contributed by atoms with Crippen molar-refractivity contribution in [3.8, 4) is 0 Å². The Balaban J connectivity index is 2.32. The van der Waals surface area contributed by atoms with Crippen LogP contribution in [0.15, 0.2) is 27.6 Å². The molecule has 1 aromatic carbocycles. The summed E-state index contributed by atoms with van der Waals surface area (Å²) in [5.74, 6) is 0.352. The van der Waals surface area contributed by atoms with Crippen LogP contribution in [0.25, 0.3) is 0 Å². The standard InChI is InChI=1S/C14H20BrN3O2S/c1-9(2)5-6-17-14(20)18-13(19)8-21-12-4-3-10(16)7-11(12)15/h3-4,7,9H,5-6,8,16H2,1-2H3,(H2,17,18,19,20). The van der Waals surface area contributed by atoms with Crippen LogP contribution in [-0.2, 0) is 4.79 Å². The van der Waals surface area contributed by atoms with Crippen LogP contribution in [0.2, 0.25) is 0 Å². The molecule has 0 saturated heterocycles. The number of nitrogens with two attached hydrogens (primary N) is 1. The molecule has 0 aliphatic carbocycles. The Hall–Kier alpha value is -1.21. The van der Waals surface area contributed by atoms with Crippen molar-refractivity contribution >= 4 is 45.3 Å². The number of thioether (sulfide) groups is 1. The van der Waals surface area contributed by atoms with Gasteiger partial charge in [-0.2, -0.15) is 0 Å². The molecule has 0 atom stereocenters. The minimum atomic E-state index is -0.447. The Morgan fingerprint density at radius 1 is 1.38 bits per heavy atom. The lowest BCUT2D eigenvalue weighted by atomic mass is 10.1. The number of halogens is 1. The lowest BCUT2D eigenvalue weighted by molar-refractivity contribution is -0.117. The molecule has 5 nitrogen and oxygen atoms in total. The number of amides is 3. The van der Waals surface area contributed by atoms with E-state index >= 15 is 0 Å². The number of nitrogens with one attached hydrogen (secondary N) is 2. The number of urea groups is 1. The zero-order chi connectivity index (χ0) is 15.8. The summed E-state index contributed by atoms with van der Waals surface area (Å²) in [6.45, 7) is 4.71. The van der Waals surface area contributed by atoms with Gasteiger partial charge in [-0.3, -0.25) is 10.1 Å². The third-order valence-corrected chi connectivity index (χ3v) is 4.57. The number of nitrogen functional groups attached to an aromatic ring is 1. The Morgan fingerprint density at radius 2 is 2.10 bits per heavy atom. The molecule has 0 bridgehead atoms. The molecule has 3 amide bonds.